The summed E-state index contributed by atoms with van der Waals surface area (Å²) in [5.41, 5.74) is 3.15. The Morgan fingerprint density at radius 2 is 1.86 bits per heavy atom. The van der Waals surface area contributed by atoms with Crippen molar-refractivity contribution in [1.82, 2.24) is 5.32 Å². The topological polar surface area (TPSA) is 66.4 Å². The fourth-order valence-electron chi connectivity index (χ4n) is 3.26. The summed E-state index contributed by atoms with van der Waals surface area (Å²) < 4.78 is 0. The highest BCUT2D eigenvalue weighted by molar-refractivity contribution is 6.30. The number of carboxylic acid groups (broad SMARTS) is 1. The van der Waals surface area contributed by atoms with E-state index < -0.39 is 18.1 Å². The van der Waals surface area contributed by atoms with Gasteiger partial charge in [0, 0.05) is 11.5 Å². The molecule has 5 heteroatoms. The number of hydrogen-bond acceptors (Lipinski definition) is 3. The summed E-state index contributed by atoms with van der Waals surface area (Å²) in [6.45, 7) is 8.02. The summed E-state index contributed by atoms with van der Waals surface area (Å²) in [4.78, 5) is 24.1. The van der Waals surface area contributed by atoms with Gasteiger partial charge in [-0.2, -0.15) is 0 Å². The van der Waals surface area contributed by atoms with Crippen LogP contribution in [-0.2, 0) is 16.0 Å². The predicted molar refractivity (Wildman–Crippen MR) is 119 cm³/mol. The van der Waals surface area contributed by atoms with Crippen molar-refractivity contribution in [2.45, 2.75) is 71.9 Å². The lowest BCUT2D eigenvalue weighted by Gasteiger charge is -2.22. The fourth-order valence-corrected chi connectivity index (χ4v) is 3.49. The maximum absolute atomic E-state index is 12.4. The molecule has 0 spiro atoms. The van der Waals surface area contributed by atoms with Crippen LogP contribution in [0.25, 0.3) is 5.57 Å². The van der Waals surface area contributed by atoms with Crippen LogP contribution in [0.2, 0.25) is 0 Å². The van der Waals surface area contributed by atoms with E-state index in [1.165, 1.54) is 0 Å². The van der Waals surface area contributed by atoms with Crippen LogP contribution in [0.4, 0.5) is 0 Å². The van der Waals surface area contributed by atoms with Gasteiger partial charge in [-0.15, -0.1) is 0 Å². The van der Waals surface area contributed by atoms with Gasteiger partial charge in [-0.1, -0.05) is 62.7 Å². The number of benzene rings is 1. The molecule has 0 amide bonds. The van der Waals surface area contributed by atoms with Crippen molar-refractivity contribution in [3.8, 4) is 0 Å². The number of Topliss-reactive ketones (excluding diaryl/α,β-unsaturated/α-hetero) is 1. The molecular formula is C24H32ClNO3. The van der Waals surface area contributed by atoms with Gasteiger partial charge in [-0.25, -0.2) is 0 Å². The van der Waals surface area contributed by atoms with E-state index in [0.29, 0.717) is 12.8 Å². The standard InChI is InChI=1S/C24H32ClNO3/c1-16(22(27)12-13-24(2,3)4)26-21(23(28)29)14-17-8-10-18(11-9-17)19-6-5-7-20(25)15-19/h6,8-11,15-16,21,26H,5,7,12-14H2,1-4H3,(H,28,29). The van der Waals surface area contributed by atoms with Crippen molar-refractivity contribution in [3.63, 3.8) is 0 Å². The van der Waals surface area contributed by atoms with E-state index in [-0.39, 0.29) is 11.2 Å². The average molecular weight is 418 g/mol. The number of aliphatic carboxylic acids is 1. The molecule has 0 bridgehead atoms. The average Bonchev–Trinajstić information content (AvgIpc) is 2.65. The largest absolute Gasteiger partial charge is 0.480 e. The number of carbonyl (C=O) groups is 2. The highest BCUT2D eigenvalue weighted by Gasteiger charge is 2.24. The molecule has 158 valence electrons. The molecule has 0 heterocycles. The first-order valence-corrected chi connectivity index (χ1v) is 10.6. The number of carbonyl (C=O) groups excluding carboxylic acids is 1. The monoisotopic (exact) mass is 417 g/mol. The predicted octanol–water partition coefficient (Wildman–Crippen LogP) is 5.36. The molecule has 1 aliphatic carbocycles. The van der Waals surface area contributed by atoms with Crippen LogP contribution in [0.3, 0.4) is 0 Å². The molecule has 2 N–H and O–H groups in total. The Balaban J connectivity index is 1.99. The van der Waals surface area contributed by atoms with Crippen LogP contribution in [0.1, 0.15) is 64.5 Å². The summed E-state index contributed by atoms with van der Waals surface area (Å²) in [5.74, 6) is -0.899. The first-order chi connectivity index (χ1) is 13.5. The summed E-state index contributed by atoms with van der Waals surface area (Å²) in [6.07, 6.45) is 7.50. The molecule has 2 rings (SSSR count). The van der Waals surface area contributed by atoms with E-state index in [9.17, 15) is 14.7 Å². The molecule has 1 aromatic rings. The number of allylic oxidation sites excluding steroid dienone is 4. The van der Waals surface area contributed by atoms with Crippen molar-refractivity contribution in [3.05, 3.63) is 52.6 Å². The van der Waals surface area contributed by atoms with Gasteiger partial charge in [0.05, 0.1) is 6.04 Å². The quantitative estimate of drug-likeness (QED) is 0.567. The van der Waals surface area contributed by atoms with Gasteiger partial charge < -0.3 is 5.11 Å². The van der Waals surface area contributed by atoms with E-state index in [4.69, 9.17) is 11.6 Å². The van der Waals surface area contributed by atoms with Crippen LogP contribution in [0, 0.1) is 5.41 Å². The SMILES string of the molecule is CC(NC(Cc1ccc(C2=CCCC(Cl)=C2)cc1)C(=O)O)C(=O)CCC(C)(C)C. The Labute approximate surface area is 179 Å². The molecular weight excluding hydrogens is 386 g/mol. The Hall–Kier alpha value is -1.91. The van der Waals surface area contributed by atoms with E-state index in [1.54, 1.807) is 6.92 Å². The van der Waals surface area contributed by atoms with Gasteiger partial charge in [-0.3, -0.25) is 14.9 Å². The van der Waals surface area contributed by atoms with Crippen molar-refractivity contribution < 1.29 is 14.7 Å². The first kappa shape index (κ1) is 23.4. The van der Waals surface area contributed by atoms with E-state index in [1.807, 2.05) is 30.3 Å². The Morgan fingerprint density at radius 3 is 2.41 bits per heavy atom. The minimum Gasteiger partial charge on any atom is -0.480 e. The molecule has 2 atom stereocenters. The molecule has 0 radical (unpaired) electrons. The van der Waals surface area contributed by atoms with Gasteiger partial charge >= 0.3 is 5.97 Å². The summed E-state index contributed by atoms with van der Waals surface area (Å²) >= 11 is 6.14. The van der Waals surface area contributed by atoms with Gasteiger partial charge in [0.25, 0.3) is 0 Å². The zero-order chi connectivity index (χ0) is 21.6. The van der Waals surface area contributed by atoms with Gasteiger partial charge in [0.1, 0.15) is 11.8 Å². The molecule has 1 aromatic carbocycles. The molecule has 29 heavy (non-hydrogen) atoms. The van der Waals surface area contributed by atoms with Crippen molar-refractivity contribution in [1.29, 1.82) is 0 Å². The number of nitrogens with one attached hydrogen (secondary N) is 1. The van der Waals surface area contributed by atoms with Crippen LogP contribution in [-0.4, -0.2) is 28.9 Å². The molecule has 0 saturated heterocycles. The molecule has 2 unspecified atom stereocenters. The third kappa shape index (κ3) is 7.79. The maximum atomic E-state index is 12.4. The van der Waals surface area contributed by atoms with Crippen LogP contribution in [0.15, 0.2) is 41.4 Å². The zero-order valence-corrected chi connectivity index (χ0v) is 18.6. The number of rotatable bonds is 9. The van der Waals surface area contributed by atoms with Crippen LogP contribution >= 0.6 is 11.6 Å². The number of halogens is 1. The van der Waals surface area contributed by atoms with Crippen LogP contribution in [0.5, 0.6) is 0 Å². The Morgan fingerprint density at radius 1 is 1.21 bits per heavy atom. The second-order valence-electron chi connectivity index (χ2n) is 9.00. The molecule has 0 aromatic heterocycles. The van der Waals surface area contributed by atoms with Gasteiger partial charge in [-0.05, 0) is 60.8 Å². The molecule has 1 aliphatic rings. The molecule has 0 saturated carbocycles. The number of ketones is 1. The van der Waals surface area contributed by atoms with E-state index in [2.05, 4.69) is 32.2 Å². The second kappa shape index (κ2) is 10.2. The normalized spacial score (nSPS) is 16.6. The van der Waals surface area contributed by atoms with Crippen LogP contribution < -0.4 is 5.32 Å². The number of hydrogen-bond donors (Lipinski definition) is 2. The zero-order valence-electron chi connectivity index (χ0n) is 17.8. The molecule has 4 nitrogen and oxygen atoms in total. The summed E-state index contributed by atoms with van der Waals surface area (Å²) in [7, 11) is 0. The highest BCUT2D eigenvalue weighted by atomic mass is 35.5. The lowest BCUT2D eigenvalue weighted by atomic mass is 9.88. The van der Waals surface area contributed by atoms with E-state index >= 15 is 0 Å². The van der Waals surface area contributed by atoms with Gasteiger partial charge in [0.2, 0.25) is 0 Å². The summed E-state index contributed by atoms with van der Waals surface area (Å²) in [6, 6.07) is 6.57. The third-order valence-corrected chi connectivity index (χ3v) is 5.44. The van der Waals surface area contributed by atoms with E-state index in [0.717, 1.165) is 41.0 Å². The molecule has 0 aliphatic heterocycles. The van der Waals surface area contributed by atoms with Crippen molar-refractivity contribution in [2.24, 2.45) is 5.41 Å². The Bertz CT molecular complexity index is 787. The lowest BCUT2D eigenvalue weighted by molar-refractivity contribution is -0.139. The first-order valence-electron chi connectivity index (χ1n) is 10.2. The third-order valence-electron chi connectivity index (χ3n) is 5.14. The minimum absolute atomic E-state index is 0.0504. The Kier molecular flexibility index (Phi) is 8.23. The number of carboxylic acids is 1. The fraction of sp³-hybridized carbons (Fsp3) is 0.500. The lowest BCUT2D eigenvalue weighted by Crippen LogP contribution is -2.46. The van der Waals surface area contributed by atoms with Gasteiger partial charge in [0.15, 0.2) is 0 Å². The maximum Gasteiger partial charge on any atom is 0.321 e. The second-order valence-corrected chi connectivity index (χ2v) is 9.48. The van der Waals surface area contributed by atoms with Crippen molar-refractivity contribution in [2.75, 3.05) is 0 Å². The molecule has 0 fully saturated rings. The highest BCUT2D eigenvalue weighted by Crippen LogP contribution is 2.27. The smallest absolute Gasteiger partial charge is 0.321 e. The summed E-state index contributed by atoms with van der Waals surface area (Å²) in [5, 5.41) is 13.5. The minimum atomic E-state index is -0.950. The van der Waals surface area contributed by atoms with Crippen molar-refractivity contribution >= 4 is 28.9 Å².